The lowest BCUT2D eigenvalue weighted by Gasteiger charge is -2.02. The summed E-state index contributed by atoms with van der Waals surface area (Å²) in [4.78, 5) is 23.4. The minimum atomic E-state index is -1.12. The van der Waals surface area contributed by atoms with E-state index < -0.39 is 23.4 Å². The van der Waals surface area contributed by atoms with Crippen molar-refractivity contribution in [3.05, 3.63) is 34.9 Å². The van der Waals surface area contributed by atoms with Crippen LogP contribution in [0.25, 0.3) is 0 Å². The Labute approximate surface area is 77.9 Å². The fourth-order valence-corrected chi connectivity index (χ4v) is 1.35. The van der Waals surface area contributed by atoms with Gasteiger partial charge < -0.3 is 0 Å². The lowest BCUT2D eigenvalue weighted by molar-refractivity contribution is 0.0693. The van der Waals surface area contributed by atoms with Gasteiger partial charge in [0.15, 0.2) is 11.6 Å². The summed E-state index contributed by atoms with van der Waals surface area (Å²) in [5.74, 6) is -3.46. The summed E-state index contributed by atoms with van der Waals surface area (Å²) < 4.78 is 25.5. The van der Waals surface area contributed by atoms with Gasteiger partial charge in [-0.2, -0.15) is 0 Å². The number of hydrogen-bond donors (Lipinski definition) is 0. The number of halogens is 2. The first-order chi connectivity index (χ1) is 6.52. The molecule has 0 radical (unpaired) electrons. The van der Waals surface area contributed by atoms with Crippen LogP contribution in [0.4, 0.5) is 8.78 Å². The van der Waals surface area contributed by atoms with E-state index in [1.807, 2.05) is 0 Å². The summed E-state index contributed by atoms with van der Waals surface area (Å²) in [5, 5.41) is 0. The van der Waals surface area contributed by atoms with Crippen molar-refractivity contribution in [1.29, 1.82) is 0 Å². The molecular formula is C9H5F2NO2. The second kappa shape index (κ2) is 2.60. The van der Waals surface area contributed by atoms with E-state index in [9.17, 15) is 18.4 Å². The van der Waals surface area contributed by atoms with Crippen LogP contribution in [-0.4, -0.2) is 23.8 Å². The topological polar surface area (TPSA) is 37.4 Å². The smallest absolute Gasteiger partial charge is 0.261 e. The largest absolute Gasteiger partial charge is 0.277 e. The molecule has 0 saturated heterocycles. The van der Waals surface area contributed by atoms with Crippen molar-refractivity contribution in [3.63, 3.8) is 0 Å². The van der Waals surface area contributed by atoms with Crippen molar-refractivity contribution < 1.29 is 18.4 Å². The van der Waals surface area contributed by atoms with Crippen LogP contribution in [0.3, 0.4) is 0 Å². The van der Waals surface area contributed by atoms with Crippen LogP contribution in [0, 0.1) is 11.6 Å². The van der Waals surface area contributed by atoms with E-state index >= 15 is 0 Å². The van der Waals surface area contributed by atoms with Gasteiger partial charge in [0, 0.05) is 7.05 Å². The molecule has 0 bridgehead atoms. The Morgan fingerprint density at radius 3 is 1.71 bits per heavy atom. The number of rotatable bonds is 0. The molecular weight excluding hydrogens is 192 g/mol. The fourth-order valence-electron chi connectivity index (χ4n) is 1.35. The lowest BCUT2D eigenvalue weighted by Crippen LogP contribution is -2.24. The Hall–Kier alpha value is -1.78. The standard InChI is InChI=1S/C9H5F2NO2/c1-12-8(13)4-2-6(10)7(11)3-5(4)9(12)14/h2-3H,1H3. The number of fused-ring (bicyclic) bond motifs is 1. The molecule has 5 heteroatoms. The number of carbonyl (C=O) groups excluding carboxylic acids is 2. The Morgan fingerprint density at radius 2 is 1.36 bits per heavy atom. The van der Waals surface area contributed by atoms with Crippen LogP contribution in [-0.2, 0) is 0 Å². The third kappa shape index (κ3) is 0.951. The summed E-state index contributed by atoms with van der Waals surface area (Å²) in [6.07, 6.45) is 0. The predicted octanol–water partition coefficient (Wildman–Crippen LogP) is 1.19. The molecule has 0 saturated carbocycles. The highest BCUT2D eigenvalue weighted by atomic mass is 19.2. The maximum Gasteiger partial charge on any atom is 0.261 e. The van der Waals surface area contributed by atoms with Gasteiger partial charge in [-0.25, -0.2) is 8.78 Å². The SMILES string of the molecule is CN1C(=O)c2cc(F)c(F)cc2C1=O. The van der Waals surface area contributed by atoms with Gasteiger partial charge in [-0.3, -0.25) is 14.5 Å². The molecule has 3 nitrogen and oxygen atoms in total. The molecule has 2 rings (SSSR count). The van der Waals surface area contributed by atoms with Crippen molar-refractivity contribution >= 4 is 11.8 Å². The maximum absolute atomic E-state index is 12.7. The average molecular weight is 197 g/mol. The highest BCUT2D eigenvalue weighted by Gasteiger charge is 2.33. The van der Waals surface area contributed by atoms with Crippen molar-refractivity contribution in [1.82, 2.24) is 4.90 Å². The summed E-state index contributed by atoms with van der Waals surface area (Å²) in [7, 11) is 1.26. The van der Waals surface area contributed by atoms with Gasteiger partial charge >= 0.3 is 0 Å². The first-order valence-corrected chi connectivity index (χ1v) is 3.84. The van der Waals surface area contributed by atoms with Crippen LogP contribution >= 0.6 is 0 Å². The Kier molecular flexibility index (Phi) is 1.64. The van der Waals surface area contributed by atoms with Gasteiger partial charge in [0.2, 0.25) is 0 Å². The van der Waals surface area contributed by atoms with Crippen LogP contribution in [0.2, 0.25) is 0 Å². The average Bonchev–Trinajstić information content (AvgIpc) is 2.34. The molecule has 1 aliphatic heterocycles. The predicted molar refractivity (Wildman–Crippen MR) is 42.8 cm³/mol. The van der Waals surface area contributed by atoms with Gasteiger partial charge in [-0.05, 0) is 12.1 Å². The van der Waals surface area contributed by atoms with Crippen molar-refractivity contribution in [3.8, 4) is 0 Å². The van der Waals surface area contributed by atoms with Gasteiger partial charge in [0.05, 0.1) is 11.1 Å². The first-order valence-electron chi connectivity index (χ1n) is 3.84. The number of hydrogen-bond acceptors (Lipinski definition) is 2. The fraction of sp³-hybridized carbons (Fsp3) is 0.111. The zero-order valence-electron chi connectivity index (χ0n) is 7.17. The highest BCUT2D eigenvalue weighted by molar-refractivity contribution is 6.21. The van der Waals surface area contributed by atoms with E-state index in [-0.39, 0.29) is 11.1 Å². The number of carbonyl (C=O) groups is 2. The van der Waals surface area contributed by atoms with Gasteiger partial charge in [-0.15, -0.1) is 0 Å². The van der Waals surface area contributed by atoms with E-state index in [1.54, 1.807) is 0 Å². The Balaban J connectivity index is 2.71. The Bertz CT molecular complexity index is 415. The van der Waals surface area contributed by atoms with Crippen molar-refractivity contribution in [2.75, 3.05) is 7.05 Å². The normalized spacial score (nSPS) is 14.9. The molecule has 1 aliphatic rings. The van der Waals surface area contributed by atoms with E-state index in [1.165, 1.54) is 7.05 Å². The second-order valence-electron chi connectivity index (χ2n) is 2.98. The molecule has 0 spiro atoms. The van der Waals surface area contributed by atoms with Crippen molar-refractivity contribution in [2.45, 2.75) is 0 Å². The quantitative estimate of drug-likeness (QED) is 0.586. The number of nitrogens with zero attached hydrogens (tertiary/aromatic N) is 1. The van der Waals surface area contributed by atoms with E-state index in [0.717, 1.165) is 17.0 Å². The van der Waals surface area contributed by atoms with E-state index in [4.69, 9.17) is 0 Å². The minimum absolute atomic E-state index is 0.0867. The molecule has 1 aromatic carbocycles. The van der Waals surface area contributed by atoms with Crippen LogP contribution < -0.4 is 0 Å². The van der Waals surface area contributed by atoms with Crippen LogP contribution in [0.5, 0.6) is 0 Å². The van der Waals surface area contributed by atoms with E-state index in [0.29, 0.717) is 0 Å². The van der Waals surface area contributed by atoms with Gasteiger partial charge in [0.25, 0.3) is 11.8 Å². The summed E-state index contributed by atoms with van der Waals surface area (Å²) in [5.41, 5.74) is -0.173. The molecule has 0 fully saturated rings. The second-order valence-corrected chi connectivity index (χ2v) is 2.98. The molecule has 0 unspecified atom stereocenters. The molecule has 0 aromatic heterocycles. The number of imide groups is 1. The van der Waals surface area contributed by atoms with Gasteiger partial charge in [-0.1, -0.05) is 0 Å². The third-order valence-corrected chi connectivity index (χ3v) is 2.13. The minimum Gasteiger partial charge on any atom is -0.277 e. The molecule has 14 heavy (non-hydrogen) atoms. The molecule has 0 N–H and O–H groups in total. The molecule has 2 amide bonds. The lowest BCUT2D eigenvalue weighted by atomic mass is 10.1. The summed E-state index contributed by atoms with van der Waals surface area (Å²) >= 11 is 0. The van der Waals surface area contributed by atoms with Crippen LogP contribution in [0.15, 0.2) is 12.1 Å². The number of benzene rings is 1. The molecule has 1 heterocycles. The molecule has 0 atom stereocenters. The van der Waals surface area contributed by atoms with Gasteiger partial charge in [0.1, 0.15) is 0 Å². The summed E-state index contributed by atoms with van der Waals surface area (Å²) in [6.45, 7) is 0. The zero-order valence-corrected chi connectivity index (χ0v) is 7.17. The maximum atomic E-state index is 12.7. The van der Waals surface area contributed by atoms with E-state index in [2.05, 4.69) is 0 Å². The Morgan fingerprint density at radius 1 is 1.00 bits per heavy atom. The highest BCUT2D eigenvalue weighted by Crippen LogP contribution is 2.23. The first kappa shape index (κ1) is 8.80. The molecule has 0 aliphatic carbocycles. The monoisotopic (exact) mass is 197 g/mol. The number of amides is 2. The van der Waals surface area contributed by atoms with Crippen LogP contribution in [0.1, 0.15) is 20.7 Å². The zero-order chi connectivity index (χ0) is 10.5. The third-order valence-electron chi connectivity index (χ3n) is 2.13. The molecule has 1 aromatic rings. The summed E-state index contributed by atoms with van der Waals surface area (Å²) in [6, 6.07) is 1.49. The van der Waals surface area contributed by atoms with Crippen molar-refractivity contribution in [2.24, 2.45) is 0 Å². The molecule has 72 valence electrons.